The van der Waals surface area contributed by atoms with E-state index in [0.717, 1.165) is 31.2 Å². The van der Waals surface area contributed by atoms with E-state index in [9.17, 15) is 9.59 Å². The predicted molar refractivity (Wildman–Crippen MR) is 104 cm³/mol. The van der Waals surface area contributed by atoms with Gasteiger partial charge in [-0.05, 0) is 30.7 Å². The molecular formula is C22H30N2O4. The third kappa shape index (κ3) is 3.80. The highest BCUT2D eigenvalue weighted by molar-refractivity contribution is 5.89. The lowest BCUT2D eigenvalue weighted by molar-refractivity contribution is -0.164. The van der Waals surface area contributed by atoms with Crippen molar-refractivity contribution in [3.05, 3.63) is 35.9 Å². The normalized spacial score (nSPS) is 30.6. The summed E-state index contributed by atoms with van der Waals surface area (Å²) < 4.78 is 11.7. The highest BCUT2D eigenvalue weighted by Gasteiger charge is 2.54. The number of morpholine rings is 1. The van der Waals surface area contributed by atoms with Gasteiger partial charge in [0.25, 0.3) is 0 Å². The van der Waals surface area contributed by atoms with Crippen LogP contribution in [0.25, 0.3) is 0 Å². The Morgan fingerprint density at radius 1 is 1.18 bits per heavy atom. The van der Waals surface area contributed by atoms with E-state index in [4.69, 9.17) is 9.47 Å². The molecular weight excluding hydrogens is 356 g/mol. The van der Waals surface area contributed by atoms with E-state index in [2.05, 4.69) is 6.92 Å². The maximum atomic E-state index is 13.4. The largest absolute Gasteiger partial charge is 0.378 e. The van der Waals surface area contributed by atoms with Crippen LogP contribution in [0.15, 0.2) is 30.3 Å². The van der Waals surface area contributed by atoms with Crippen molar-refractivity contribution in [2.45, 2.75) is 50.8 Å². The second-order valence-electron chi connectivity index (χ2n) is 8.34. The number of ether oxygens (including phenoxy) is 2. The molecule has 4 rings (SSSR count). The number of amides is 2. The molecule has 0 aromatic heterocycles. The molecule has 0 N–H and O–H groups in total. The monoisotopic (exact) mass is 386 g/mol. The van der Waals surface area contributed by atoms with Crippen molar-refractivity contribution in [2.75, 3.05) is 32.9 Å². The summed E-state index contributed by atoms with van der Waals surface area (Å²) in [6, 6.07) is 9.23. The molecule has 3 fully saturated rings. The fourth-order valence-electron chi connectivity index (χ4n) is 4.92. The molecule has 0 radical (unpaired) electrons. The summed E-state index contributed by atoms with van der Waals surface area (Å²) in [6.45, 7) is 4.78. The van der Waals surface area contributed by atoms with Crippen LogP contribution in [0.2, 0.25) is 0 Å². The average Bonchev–Trinajstić information content (AvgIpc) is 3.07. The highest BCUT2D eigenvalue weighted by atomic mass is 16.5. The number of hydrogen-bond donors (Lipinski definition) is 0. The van der Waals surface area contributed by atoms with Crippen molar-refractivity contribution in [1.29, 1.82) is 0 Å². The van der Waals surface area contributed by atoms with Gasteiger partial charge in [0, 0.05) is 13.1 Å². The highest BCUT2D eigenvalue weighted by Crippen LogP contribution is 2.43. The number of carbonyl (C=O) groups excluding carboxylic acids is 2. The first kappa shape index (κ1) is 19.4. The molecule has 3 aliphatic rings. The van der Waals surface area contributed by atoms with Gasteiger partial charge in [0.05, 0.1) is 26.2 Å². The second-order valence-corrected chi connectivity index (χ2v) is 8.34. The molecule has 2 aliphatic heterocycles. The van der Waals surface area contributed by atoms with Gasteiger partial charge in [-0.15, -0.1) is 0 Å². The molecule has 2 heterocycles. The molecule has 1 saturated carbocycles. The van der Waals surface area contributed by atoms with Crippen molar-refractivity contribution in [3.8, 4) is 0 Å². The zero-order valence-corrected chi connectivity index (χ0v) is 16.6. The topological polar surface area (TPSA) is 59.1 Å². The van der Waals surface area contributed by atoms with Gasteiger partial charge in [0.2, 0.25) is 11.8 Å². The van der Waals surface area contributed by atoms with Crippen molar-refractivity contribution >= 4 is 11.8 Å². The smallest absolute Gasteiger partial charge is 0.248 e. The van der Waals surface area contributed by atoms with Crippen LogP contribution in [0.4, 0.5) is 0 Å². The molecule has 1 aliphatic carbocycles. The van der Waals surface area contributed by atoms with E-state index in [-0.39, 0.29) is 11.8 Å². The third-order valence-electron chi connectivity index (χ3n) is 6.27. The molecule has 28 heavy (non-hydrogen) atoms. The molecule has 0 unspecified atom stereocenters. The van der Waals surface area contributed by atoms with E-state index in [0.29, 0.717) is 45.2 Å². The molecule has 2 saturated heterocycles. The lowest BCUT2D eigenvalue weighted by Gasteiger charge is -2.44. The van der Waals surface area contributed by atoms with E-state index in [1.54, 1.807) is 0 Å². The Hall–Kier alpha value is -1.92. The van der Waals surface area contributed by atoms with Crippen molar-refractivity contribution < 1.29 is 19.1 Å². The van der Waals surface area contributed by atoms with Crippen molar-refractivity contribution in [2.24, 2.45) is 5.92 Å². The SMILES string of the molecule is C[C@@H]1CCC[C@]2(C1)OC[C@@H](C(=O)N1CCOCC1)N2C(=O)Cc1ccccc1. The van der Waals surface area contributed by atoms with Crippen LogP contribution in [0, 0.1) is 5.92 Å². The minimum absolute atomic E-state index is 0.000173. The zero-order chi connectivity index (χ0) is 19.6. The van der Waals surface area contributed by atoms with E-state index >= 15 is 0 Å². The summed E-state index contributed by atoms with van der Waals surface area (Å²) in [5, 5.41) is 0. The third-order valence-corrected chi connectivity index (χ3v) is 6.27. The second kappa shape index (κ2) is 8.21. The first-order chi connectivity index (χ1) is 13.6. The van der Waals surface area contributed by atoms with Gasteiger partial charge in [-0.1, -0.05) is 43.7 Å². The molecule has 1 aromatic carbocycles. The Kier molecular flexibility index (Phi) is 5.69. The van der Waals surface area contributed by atoms with Crippen molar-refractivity contribution in [3.63, 3.8) is 0 Å². The van der Waals surface area contributed by atoms with Gasteiger partial charge in [-0.3, -0.25) is 14.5 Å². The van der Waals surface area contributed by atoms with Crippen LogP contribution in [0.3, 0.4) is 0 Å². The molecule has 3 atom stereocenters. The van der Waals surface area contributed by atoms with Gasteiger partial charge in [-0.25, -0.2) is 0 Å². The van der Waals surface area contributed by atoms with Gasteiger partial charge in [-0.2, -0.15) is 0 Å². The molecule has 152 valence electrons. The van der Waals surface area contributed by atoms with E-state index in [1.807, 2.05) is 40.1 Å². The molecule has 1 spiro atoms. The van der Waals surface area contributed by atoms with Gasteiger partial charge < -0.3 is 14.4 Å². The first-order valence-electron chi connectivity index (χ1n) is 10.5. The molecule has 6 nitrogen and oxygen atoms in total. The fraction of sp³-hybridized carbons (Fsp3) is 0.636. The summed E-state index contributed by atoms with van der Waals surface area (Å²) in [5.74, 6) is 0.474. The lowest BCUT2D eigenvalue weighted by atomic mass is 9.83. The summed E-state index contributed by atoms with van der Waals surface area (Å²) >= 11 is 0. The predicted octanol–water partition coefficient (Wildman–Crippen LogP) is 2.22. The Bertz CT molecular complexity index is 704. The first-order valence-corrected chi connectivity index (χ1v) is 10.5. The zero-order valence-electron chi connectivity index (χ0n) is 16.6. The summed E-state index contributed by atoms with van der Waals surface area (Å²) in [4.78, 5) is 30.4. The maximum absolute atomic E-state index is 13.4. The minimum Gasteiger partial charge on any atom is -0.378 e. The number of carbonyl (C=O) groups is 2. The summed E-state index contributed by atoms with van der Waals surface area (Å²) in [7, 11) is 0. The molecule has 2 amide bonds. The number of hydrogen-bond acceptors (Lipinski definition) is 4. The van der Waals surface area contributed by atoms with E-state index in [1.165, 1.54) is 0 Å². The van der Waals surface area contributed by atoms with E-state index < -0.39 is 11.8 Å². The Balaban J connectivity index is 1.59. The van der Waals surface area contributed by atoms with Crippen LogP contribution in [-0.4, -0.2) is 66.3 Å². The molecule has 6 heteroatoms. The van der Waals surface area contributed by atoms with Crippen molar-refractivity contribution in [1.82, 2.24) is 9.80 Å². The van der Waals surface area contributed by atoms with Crippen LogP contribution < -0.4 is 0 Å². The number of benzene rings is 1. The summed E-state index contributed by atoms with van der Waals surface area (Å²) in [6.07, 6.45) is 4.08. The van der Waals surface area contributed by atoms with Crippen LogP contribution in [-0.2, 0) is 25.5 Å². The Morgan fingerprint density at radius 3 is 2.64 bits per heavy atom. The minimum atomic E-state index is -0.629. The number of rotatable bonds is 3. The molecule has 0 bridgehead atoms. The Morgan fingerprint density at radius 2 is 1.93 bits per heavy atom. The summed E-state index contributed by atoms with van der Waals surface area (Å²) in [5.41, 5.74) is 0.340. The standard InChI is InChI=1S/C22H30N2O4/c1-17-6-5-9-22(15-17)24(20(25)14-18-7-3-2-4-8-18)19(16-28-22)21(26)23-10-12-27-13-11-23/h2-4,7-8,17,19H,5-6,9-16H2,1H3/t17-,19+,22-/m1/s1. The van der Waals surface area contributed by atoms with Crippen LogP contribution in [0.1, 0.15) is 38.2 Å². The quantitative estimate of drug-likeness (QED) is 0.799. The molecule has 1 aromatic rings. The number of nitrogens with zero attached hydrogens (tertiary/aromatic N) is 2. The van der Waals surface area contributed by atoms with Crippen LogP contribution in [0.5, 0.6) is 0 Å². The van der Waals surface area contributed by atoms with Crippen LogP contribution >= 0.6 is 0 Å². The maximum Gasteiger partial charge on any atom is 0.248 e. The fourth-order valence-corrected chi connectivity index (χ4v) is 4.92. The lowest BCUT2D eigenvalue weighted by Crippen LogP contribution is -2.58. The van der Waals surface area contributed by atoms with Gasteiger partial charge >= 0.3 is 0 Å². The Labute approximate surface area is 166 Å². The van der Waals surface area contributed by atoms with Gasteiger partial charge in [0.15, 0.2) is 0 Å². The van der Waals surface area contributed by atoms with Gasteiger partial charge in [0.1, 0.15) is 11.8 Å². The average molecular weight is 386 g/mol.